The van der Waals surface area contributed by atoms with E-state index in [0.717, 1.165) is 24.5 Å². The van der Waals surface area contributed by atoms with E-state index in [1.54, 1.807) is 4.68 Å². The van der Waals surface area contributed by atoms with E-state index in [4.69, 9.17) is 10.5 Å². The smallest absolute Gasteiger partial charge is 0.241 e. The van der Waals surface area contributed by atoms with E-state index < -0.39 is 0 Å². The lowest BCUT2D eigenvalue weighted by atomic mass is 10.3. The molecular weight excluding hydrogens is 258 g/mol. The highest BCUT2D eigenvalue weighted by Gasteiger charge is 2.18. The number of rotatable bonds is 4. The van der Waals surface area contributed by atoms with Crippen molar-refractivity contribution in [2.75, 3.05) is 39.0 Å². The van der Waals surface area contributed by atoms with Crippen LogP contribution in [0.1, 0.15) is 11.4 Å². The van der Waals surface area contributed by atoms with Crippen LogP contribution in [0.25, 0.3) is 0 Å². The van der Waals surface area contributed by atoms with Crippen molar-refractivity contribution in [3.05, 3.63) is 11.4 Å². The van der Waals surface area contributed by atoms with E-state index in [9.17, 15) is 4.79 Å². The number of carbonyl (C=O) groups excluding carboxylic acids is 1. The summed E-state index contributed by atoms with van der Waals surface area (Å²) in [4.78, 5) is 14.1. The van der Waals surface area contributed by atoms with Gasteiger partial charge in [0.15, 0.2) is 0 Å². The predicted octanol–water partition coefficient (Wildman–Crippen LogP) is -0.471. The molecule has 1 atom stereocenters. The Hall–Kier alpha value is -1.60. The molecule has 1 unspecified atom stereocenters. The Bertz CT molecular complexity index is 485. The second-order valence-electron chi connectivity index (χ2n) is 5.30. The minimum atomic E-state index is -0.0765. The lowest BCUT2D eigenvalue weighted by Gasteiger charge is -2.30. The zero-order valence-electron chi connectivity index (χ0n) is 12.3. The largest absolute Gasteiger partial charge is 0.396 e. The van der Waals surface area contributed by atoms with Gasteiger partial charge in [0.1, 0.15) is 6.54 Å². The van der Waals surface area contributed by atoms with Crippen LogP contribution in [0.3, 0.4) is 0 Å². The summed E-state index contributed by atoms with van der Waals surface area (Å²) in [5, 5.41) is 7.13. The fourth-order valence-corrected chi connectivity index (χ4v) is 2.27. The molecule has 1 saturated heterocycles. The third-order valence-corrected chi connectivity index (χ3v) is 3.60. The number of hydrogen-bond donors (Lipinski definition) is 2. The summed E-state index contributed by atoms with van der Waals surface area (Å²) in [5.41, 5.74) is 8.07. The van der Waals surface area contributed by atoms with Crippen molar-refractivity contribution in [3.63, 3.8) is 0 Å². The van der Waals surface area contributed by atoms with E-state index in [2.05, 4.69) is 22.4 Å². The van der Waals surface area contributed by atoms with Gasteiger partial charge in [-0.15, -0.1) is 0 Å². The lowest BCUT2D eigenvalue weighted by Crippen LogP contribution is -2.46. The highest BCUT2D eigenvalue weighted by atomic mass is 16.5. The number of carbonyl (C=O) groups is 1. The van der Waals surface area contributed by atoms with Crippen molar-refractivity contribution in [2.24, 2.45) is 0 Å². The van der Waals surface area contributed by atoms with Gasteiger partial charge in [0.2, 0.25) is 5.91 Å². The van der Waals surface area contributed by atoms with Crippen LogP contribution in [0.2, 0.25) is 0 Å². The number of anilines is 1. The molecule has 0 bridgehead atoms. The van der Waals surface area contributed by atoms with Crippen LogP contribution in [0.5, 0.6) is 0 Å². The van der Waals surface area contributed by atoms with Crippen LogP contribution in [-0.4, -0.2) is 60.0 Å². The molecule has 0 aromatic carbocycles. The molecule has 112 valence electrons. The van der Waals surface area contributed by atoms with Crippen LogP contribution in [0.4, 0.5) is 5.69 Å². The minimum Gasteiger partial charge on any atom is -0.396 e. The Morgan fingerprint density at radius 1 is 1.55 bits per heavy atom. The molecule has 0 saturated carbocycles. The molecule has 1 aliphatic rings. The first-order valence-corrected chi connectivity index (χ1v) is 6.83. The lowest BCUT2D eigenvalue weighted by molar-refractivity contribution is -0.123. The maximum atomic E-state index is 11.9. The number of aryl methyl sites for hydroxylation is 1. The third-order valence-electron chi connectivity index (χ3n) is 3.60. The molecule has 1 aliphatic heterocycles. The van der Waals surface area contributed by atoms with Gasteiger partial charge in [-0.1, -0.05) is 0 Å². The van der Waals surface area contributed by atoms with Gasteiger partial charge in [-0.3, -0.25) is 9.48 Å². The summed E-state index contributed by atoms with van der Waals surface area (Å²) in [7, 11) is 2.05. The number of ether oxygens (including phenoxy) is 1. The molecule has 1 aromatic heterocycles. The van der Waals surface area contributed by atoms with E-state index in [1.165, 1.54) is 0 Å². The Morgan fingerprint density at radius 2 is 2.30 bits per heavy atom. The Balaban J connectivity index is 1.82. The van der Waals surface area contributed by atoms with Crippen LogP contribution >= 0.6 is 0 Å². The van der Waals surface area contributed by atoms with E-state index in [-0.39, 0.29) is 18.6 Å². The first-order chi connectivity index (χ1) is 9.47. The number of nitrogen functional groups attached to an aromatic ring is 1. The Kier molecular flexibility index (Phi) is 4.61. The maximum Gasteiger partial charge on any atom is 0.241 e. The van der Waals surface area contributed by atoms with Gasteiger partial charge >= 0.3 is 0 Å². The zero-order valence-corrected chi connectivity index (χ0v) is 12.3. The molecule has 1 fully saturated rings. The maximum absolute atomic E-state index is 11.9. The number of hydrogen-bond acceptors (Lipinski definition) is 5. The summed E-state index contributed by atoms with van der Waals surface area (Å²) in [6.45, 7) is 6.91. The standard InChI is InChI=1S/C13H23N5O2/c1-9-13(14)10(2)18(16-9)8-12(19)15-6-11-7-17(3)4-5-20-11/h11H,4-8,14H2,1-3H3,(H,15,19). The quantitative estimate of drug-likeness (QED) is 0.779. The van der Waals surface area contributed by atoms with Gasteiger partial charge in [-0.05, 0) is 20.9 Å². The van der Waals surface area contributed by atoms with Gasteiger partial charge in [0.05, 0.1) is 29.8 Å². The molecule has 0 spiro atoms. The summed E-state index contributed by atoms with van der Waals surface area (Å²) in [5.74, 6) is -0.0765. The molecule has 0 aliphatic carbocycles. The second kappa shape index (κ2) is 6.23. The Morgan fingerprint density at radius 3 is 2.90 bits per heavy atom. The van der Waals surface area contributed by atoms with Crippen molar-refractivity contribution in [2.45, 2.75) is 26.5 Å². The highest BCUT2D eigenvalue weighted by Crippen LogP contribution is 2.14. The normalized spacial score (nSPS) is 20.1. The molecular formula is C13H23N5O2. The van der Waals surface area contributed by atoms with Gasteiger partial charge < -0.3 is 20.7 Å². The minimum absolute atomic E-state index is 0.0585. The Labute approximate surface area is 119 Å². The third kappa shape index (κ3) is 3.49. The fourth-order valence-electron chi connectivity index (χ4n) is 2.27. The summed E-state index contributed by atoms with van der Waals surface area (Å²) in [6, 6.07) is 0. The molecule has 7 nitrogen and oxygen atoms in total. The van der Waals surface area contributed by atoms with Crippen LogP contribution in [0, 0.1) is 13.8 Å². The van der Waals surface area contributed by atoms with Crippen LogP contribution < -0.4 is 11.1 Å². The highest BCUT2D eigenvalue weighted by molar-refractivity contribution is 5.76. The molecule has 0 radical (unpaired) electrons. The first-order valence-electron chi connectivity index (χ1n) is 6.83. The van der Waals surface area contributed by atoms with E-state index in [1.807, 2.05) is 13.8 Å². The summed E-state index contributed by atoms with van der Waals surface area (Å²) in [6.07, 6.45) is 0.0585. The van der Waals surface area contributed by atoms with Crippen molar-refractivity contribution >= 4 is 11.6 Å². The molecule has 7 heteroatoms. The average Bonchev–Trinajstić information content (AvgIpc) is 2.64. The molecule has 3 N–H and O–H groups in total. The number of morpholine rings is 1. The average molecular weight is 281 g/mol. The van der Waals surface area contributed by atoms with Gasteiger partial charge in [-0.2, -0.15) is 5.10 Å². The number of likely N-dealkylation sites (N-methyl/N-ethyl adjacent to an activating group) is 1. The summed E-state index contributed by atoms with van der Waals surface area (Å²) >= 11 is 0. The molecule has 2 rings (SSSR count). The molecule has 20 heavy (non-hydrogen) atoms. The van der Waals surface area contributed by atoms with E-state index in [0.29, 0.717) is 18.8 Å². The number of nitrogens with zero attached hydrogens (tertiary/aromatic N) is 3. The SMILES string of the molecule is Cc1nn(CC(=O)NCC2CN(C)CCO2)c(C)c1N. The number of aromatic nitrogens is 2. The van der Waals surface area contributed by atoms with Crippen molar-refractivity contribution in [3.8, 4) is 0 Å². The van der Waals surface area contributed by atoms with Crippen LogP contribution in [-0.2, 0) is 16.1 Å². The van der Waals surface area contributed by atoms with Gasteiger partial charge in [-0.25, -0.2) is 0 Å². The summed E-state index contributed by atoms with van der Waals surface area (Å²) < 4.78 is 7.23. The topological polar surface area (TPSA) is 85.4 Å². The van der Waals surface area contributed by atoms with E-state index >= 15 is 0 Å². The second-order valence-corrected chi connectivity index (χ2v) is 5.30. The molecule has 1 amide bonds. The fraction of sp³-hybridized carbons (Fsp3) is 0.692. The monoisotopic (exact) mass is 281 g/mol. The van der Waals surface area contributed by atoms with Crippen molar-refractivity contribution < 1.29 is 9.53 Å². The number of nitrogens with one attached hydrogen (secondary N) is 1. The number of nitrogens with two attached hydrogens (primary N) is 1. The van der Waals surface area contributed by atoms with Crippen LogP contribution in [0.15, 0.2) is 0 Å². The molecule has 2 heterocycles. The number of amides is 1. The first kappa shape index (κ1) is 14.8. The van der Waals surface area contributed by atoms with Gasteiger partial charge in [0.25, 0.3) is 0 Å². The molecule has 1 aromatic rings. The van der Waals surface area contributed by atoms with Crippen molar-refractivity contribution in [1.82, 2.24) is 20.0 Å². The van der Waals surface area contributed by atoms with Crippen molar-refractivity contribution in [1.29, 1.82) is 0 Å². The zero-order chi connectivity index (χ0) is 14.7. The van der Waals surface area contributed by atoms with Gasteiger partial charge in [0, 0.05) is 19.6 Å². The predicted molar refractivity (Wildman–Crippen MR) is 76.4 cm³/mol.